The van der Waals surface area contributed by atoms with Crippen molar-refractivity contribution in [1.82, 2.24) is 0 Å². The van der Waals surface area contributed by atoms with Crippen molar-refractivity contribution in [2.45, 2.75) is 65.9 Å². The standard InChI is InChI=1S/C19H30O2/c1-5-19(3,4)18(20)21-15-9-12-8-14(15)17-13-7-11(16(12)17)6-10(13)2/h10-17H,5-9H2,1-4H3. The Labute approximate surface area is 129 Å². The summed E-state index contributed by atoms with van der Waals surface area (Å²) in [7, 11) is 0. The van der Waals surface area contributed by atoms with Gasteiger partial charge in [-0.05, 0) is 87.4 Å². The van der Waals surface area contributed by atoms with Gasteiger partial charge in [0.2, 0.25) is 0 Å². The molecule has 0 aliphatic heterocycles. The highest BCUT2D eigenvalue weighted by atomic mass is 16.5. The van der Waals surface area contributed by atoms with E-state index in [2.05, 4.69) is 13.8 Å². The van der Waals surface area contributed by atoms with Gasteiger partial charge in [0.05, 0.1) is 5.41 Å². The van der Waals surface area contributed by atoms with Crippen LogP contribution in [-0.4, -0.2) is 12.1 Å². The van der Waals surface area contributed by atoms with E-state index in [1.165, 1.54) is 19.3 Å². The molecule has 0 aromatic rings. The number of hydrogen-bond donors (Lipinski definition) is 0. The first-order valence-corrected chi connectivity index (χ1v) is 9.13. The maximum atomic E-state index is 12.4. The molecule has 0 aromatic carbocycles. The fourth-order valence-electron chi connectivity index (χ4n) is 6.45. The molecule has 4 fully saturated rings. The van der Waals surface area contributed by atoms with E-state index in [1.807, 2.05) is 13.8 Å². The molecule has 4 aliphatic carbocycles. The molecule has 0 N–H and O–H groups in total. The number of ether oxygens (including phenoxy) is 1. The van der Waals surface area contributed by atoms with Crippen molar-refractivity contribution < 1.29 is 9.53 Å². The Morgan fingerprint density at radius 3 is 2.43 bits per heavy atom. The molecule has 8 atom stereocenters. The minimum atomic E-state index is -0.316. The number of fused-ring (bicyclic) bond motifs is 9. The van der Waals surface area contributed by atoms with Crippen molar-refractivity contribution in [3.05, 3.63) is 0 Å². The molecule has 4 bridgehead atoms. The summed E-state index contributed by atoms with van der Waals surface area (Å²) in [5, 5.41) is 0. The summed E-state index contributed by atoms with van der Waals surface area (Å²) in [4.78, 5) is 12.4. The highest BCUT2D eigenvalue weighted by molar-refractivity contribution is 5.76. The van der Waals surface area contributed by atoms with Crippen LogP contribution in [0.15, 0.2) is 0 Å². The van der Waals surface area contributed by atoms with E-state index in [9.17, 15) is 4.79 Å². The van der Waals surface area contributed by atoms with Crippen molar-refractivity contribution in [3.63, 3.8) is 0 Å². The lowest BCUT2D eigenvalue weighted by molar-refractivity contribution is -0.165. The van der Waals surface area contributed by atoms with Crippen molar-refractivity contribution in [3.8, 4) is 0 Å². The quantitative estimate of drug-likeness (QED) is 0.573. The van der Waals surface area contributed by atoms with E-state index in [1.54, 1.807) is 0 Å². The zero-order valence-electron chi connectivity index (χ0n) is 14.0. The number of hydrogen-bond acceptors (Lipinski definition) is 2. The Morgan fingerprint density at radius 2 is 1.71 bits per heavy atom. The second-order valence-corrected chi connectivity index (χ2v) is 9.10. The van der Waals surface area contributed by atoms with Gasteiger partial charge < -0.3 is 4.74 Å². The summed E-state index contributed by atoms with van der Waals surface area (Å²) in [6.07, 6.45) is 6.56. The van der Waals surface area contributed by atoms with Crippen LogP contribution in [0.4, 0.5) is 0 Å². The Balaban J connectivity index is 1.48. The van der Waals surface area contributed by atoms with Crippen LogP contribution in [0.1, 0.15) is 59.8 Å². The van der Waals surface area contributed by atoms with Gasteiger partial charge in [0.25, 0.3) is 0 Å². The number of carbonyl (C=O) groups excluding carboxylic acids is 1. The predicted molar refractivity (Wildman–Crippen MR) is 82.5 cm³/mol. The molecule has 0 amide bonds. The summed E-state index contributed by atoms with van der Waals surface area (Å²) < 4.78 is 6.01. The summed E-state index contributed by atoms with van der Waals surface area (Å²) in [5.74, 6) is 6.34. The molecule has 0 spiro atoms. The first kappa shape index (κ1) is 14.1. The van der Waals surface area contributed by atoms with Crippen LogP contribution in [0, 0.1) is 46.8 Å². The van der Waals surface area contributed by atoms with Crippen LogP contribution in [0.2, 0.25) is 0 Å². The van der Waals surface area contributed by atoms with Gasteiger partial charge in [-0.15, -0.1) is 0 Å². The van der Waals surface area contributed by atoms with Gasteiger partial charge in [0.1, 0.15) is 6.10 Å². The van der Waals surface area contributed by atoms with E-state index in [0.717, 1.165) is 48.3 Å². The number of carbonyl (C=O) groups is 1. The van der Waals surface area contributed by atoms with E-state index in [4.69, 9.17) is 4.74 Å². The molecule has 21 heavy (non-hydrogen) atoms. The van der Waals surface area contributed by atoms with Gasteiger partial charge in [-0.25, -0.2) is 0 Å². The maximum absolute atomic E-state index is 12.4. The topological polar surface area (TPSA) is 26.3 Å². The van der Waals surface area contributed by atoms with Crippen LogP contribution in [0.5, 0.6) is 0 Å². The average molecular weight is 290 g/mol. The molecule has 2 nitrogen and oxygen atoms in total. The largest absolute Gasteiger partial charge is 0.462 e. The van der Waals surface area contributed by atoms with E-state index >= 15 is 0 Å². The van der Waals surface area contributed by atoms with Crippen LogP contribution in [-0.2, 0) is 9.53 Å². The van der Waals surface area contributed by atoms with Crippen LogP contribution >= 0.6 is 0 Å². The van der Waals surface area contributed by atoms with E-state index < -0.39 is 0 Å². The Bertz CT molecular complexity index is 454. The minimum absolute atomic E-state index is 0.0373. The minimum Gasteiger partial charge on any atom is -0.462 e. The Kier molecular flexibility index (Phi) is 3.01. The highest BCUT2D eigenvalue weighted by Gasteiger charge is 2.64. The predicted octanol–water partition coefficient (Wildman–Crippen LogP) is 4.28. The number of esters is 1. The van der Waals surface area contributed by atoms with Gasteiger partial charge >= 0.3 is 5.97 Å². The zero-order valence-corrected chi connectivity index (χ0v) is 14.0. The molecular formula is C19H30O2. The molecule has 0 radical (unpaired) electrons. The highest BCUT2D eigenvalue weighted by Crippen LogP contribution is 2.69. The molecule has 4 aliphatic rings. The molecule has 8 unspecified atom stereocenters. The van der Waals surface area contributed by atoms with Crippen molar-refractivity contribution in [2.24, 2.45) is 46.8 Å². The Morgan fingerprint density at radius 1 is 1.05 bits per heavy atom. The lowest BCUT2D eigenvalue weighted by Crippen LogP contribution is -2.41. The fraction of sp³-hybridized carbons (Fsp3) is 0.947. The first-order chi connectivity index (χ1) is 9.92. The molecular weight excluding hydrogens is 260 g/mol. The van der Waals surface area contributed by atoms with Crippen molar-refractivity contribution in [2.75, 3.05) is 0 Å². The maximum Gasteiger partial charge on any atom is 0.311 e. The summed E-state index contributed by atoms with van der Waals surface area (Å²) in [6.45, 7) is 8.57. The van der Waals surface area contributed by atoms with Crippen LogP contribution < -0.4 is 0 Å². The summed E-state index contributed by atoms with van der Waals surface area (Å²) in [5.41, 5.74) is -0.316. The molecule has 118 valence electrons. The SMILES string of the molecule is CCC(C)(C)C(=O)OC1CC2CC1C1C3CC(CC3C)C21. The lowest BCUT2D eigenvalue weighted by Gasteiger charge is -2.41. The molecule has 2 heteroatoms. The monoisotopic (exact) mass is 290 g/mol. The van der Waals surface area contributed by atoms with Crippen LogP contribution in [0.3, 0.4) is 0 Å². The van der Waals surface area contributed by atoms with E-state index in [0.29, 0.717) is 5.92 Å². The molecule has 0 saturated heterocycles. The normalized spacial score (nSPS) is 50.5. The van der Waals surface area contributed by atoms with E-state index in [-0.39, 0.29) is 17.5 Å². The Hall–Kier alpha value is -0.530. The first-order valence-electron chi connectivity index (χ1n) is 9.13. The van der Waals surface area contributed by atoms with Crippen LogP contribution in [0.25, 0.3) is 0 Å². The summed E-state index contributed by atoms with van der Waals surface area (Å²) in [6, 6.07) is 0. The summed E-state index contributed by atoms with van der Waals surface area (Å²) >= 11 is 0. The van der Waals surface area contributed by atoms with Crippen molar-refractivity contribution >= 4 is 5.97 Å². The van der Waals surface area contributed by atoms with Gasteiger partial charge in [0.15, 0.2) is 0 Å². The van der Waals surface area contributed by atoms with Crippen molar-refractivity contribution in [1.29, 1.82) is 0 Å². The van der Waals surface area contributed by atoms with Gasteiger partial charge in [0, 0.05) is 0 Å². The molecule has 0 aromatic heterocycles. The van der Waals surface area contributed by atoms with Gasteiger partial charge in [-0.1, -0.05) is 13.8 Å². The second kappa shape index (κ2) is 4.49. The molecule has 0 heterocycles. The smallest absolute Gasteiger partial charge is 0.311 e. The third-order valence-corrected chi connectivity index (χ3v) is 7.78. The third-order valence-electron chi connectivity index (χ3n) is 7.78. The third kappa shape index (κ3) is 1.86. The number of rotatable bonds is 3. The van der Waals surface area contributed by atoms with Gasteiger partial charge in [-0.2, -0.15) is 0 Å². The second-order valence-electron chi connectivity index (χ2n) is 9.10. The van der Waals surface area contributed by atoms with Gasteiger partial charge in [-0.3, -0.25) is 4.79 Å². The average Bonchev–Trinajstić information content (AvgIpc) is 3.15. The molecule has 4 saturated carbocycles. The lowest BCUT2D eigenvalue weighted by atomic mass is 9.67. The fourth-order valence-corrected chi connectivity index (χ4v) is 6.45. The zero-order chi connectivity index (χ0) is 14.9. The molecule has 4 rings (SSSR count).